The molecule has 3 nitrogen and oxygen atoms in total. The van der Waals surface area contributed by atoms with Crippen LogP contribution in [0.5, 0.6) is 11.5 Å². The first-order valence-electron chi connectivity index (χ1n) is 5.10. The molecule has 0 atom stereocenters. The molecule has 96 valence electrons. The third-order valence-electron chi connectivity index (χ3n) is 2.65. The summed E-state index contributed by atoms with van der Waals surface area (Å²) in [6.07, 6.45) is 0. The van der Waals surface area contributed by atoms with Crippen LogP contribution in [0.15, 0.2) is 6.07 Å². The van der Waals surface area contributed by atoms with Gasteiger partial charge in [0.15, 0.2) is 23.1 Å². The summed E-state index contributed by atoms with van der Waals surface area (Å²) in [7, 11) is 2.57. The van der Waals surface area contributed by atoms with Crippen LogP contribution in [0.1, 0.15) is 19.4 Å². The van der Waals surface area contributed by atoms with Crippen LogP contribution >= 0.6 is 0 Å². The predicted octanol–water partition coefficient (Wildman–Crippen LogP) is 2.25. The summed E-state index contributed by atoms with van der Waals surface area (Å²) >= 11 is 0. The van der Waals surface area contributed by atoms with Crippen molar-refractivity contribution in [3.8, 4) is 11.5 Å². The molecule has 0 aliphatic carbocycles. The maximum absolute atomic E-state index is 14.0. The lowest BCUT2D eigenvalue weighted by atomic mass is 9.84. The van der Waals surface area contributed by atoms with Gasteiger partial charge in [-0.15, -0.1) is 0 Å². The topological polar surface area (TPSA) is 38.7 Å². The van der Waals surface area contributed by atoms with Crippen LogP contribution in [-0.2, 0) is 5.41 Å². The smallest absolute Gasteiger partial charge is 0.172 e. The Bertz CT molecular complexity index is 388. The van der Waals surface area contributed by atoms with E-state index in [-0.39, 0.29) is 17.1 Å². The molecule has 1 aromatic rings. The van der Waals surface area contributed by atoms with Gasteiger partial charge in [0, 0.05) is 17.0 Å². The minimum absolute atomic E-state index is 0.111. The van der Waals surface area contributed by atoms with E-state index in [0.29, 0.717) is 0 Å². The summed E-state index contributed by atoms with van der Waals surface area (Å²) < 4.78 is 37.6. The Balaban J connectivity index is 3.56. The van der Waals surface area contributed by atoms with Gasteiger partial charge in [-0.1, -0.05) is 13.8 Å². The second-order valence-electron chi connectivity index (χ2n) is 4.33. The zero-order chi connectivity index (χ0) is 13.2. The highest BCUT2D eigenvalue weighted by molar-refractivity contribution is 5.44. The second-order valence-corrected chi connectivity index (χ2v) is 4.33. The normalized spacial score (nSPS) is 11.5. The van der Waals surface area contributed by atoms with E-state index in [9.17, 15) is 13.9 Å². The van der Waals surface area contributed by atoms with Crippen molar-refractivity contribution in [3.05, 3.63) is 23.3 Å². The zero-order valence-corrected chi connectivity index (χ0v) is 10.3. The third kappa shape index (κ3) is 2.34. The van der Waals surface area contributed by atoms with Crippen LogP contribution in [0.25, 0.3) is 0 Å². The Morgan fingerprint density at radius 1 is 1.12 bits per heavy atom. The number of benzene rings is 1. The number of halogens is 2. The minimum Gasteiger partial charge on any atom is -0.494 e. The lowest BCUT2D eigenvalue weighted by Gasteiger charge is -2.25. The van der Waals surface area contributed by atoms with E-state index in [0.717, 1.165) is 6.07 Å². The molecule has 0 aromatic heterocycles. The van der Waals surface area contributed by atoms with Crippen molar-refractivity contribution in [1.82, 2.24) is 0 Å². The van der Waals surface area contributed by atoms with Crippen molar-refractivity contribution in [2.24, 2.45) is 0 Å². The highest BCUT2D eigenvalue weighted by atomic mass is 19.1. The molecule has 0 heterocycles. The number of aliphatic hydroxyl groups is 1. The maximum atomic E-state index is 14.0. The van der Waals surface area contributed by atoms with E-state index in [4.69, 9.17) is 9.47 Å². The fourth-order valence-electron chi connectivity index (χ4n) is 1.56. The molecule has 0 bridgehead atoms. The van der Waals surface area contributed by atoms with Crippen LogP contribution in [-0.4, -0.2) is 25.9 Å². The molecule has 0 unspecified atom stereocenters. The Morgan fingerprint density at radius 2 is 1.53 bits per heavy atom. The molecule has 0 saturated heterocycles. The Hall–Kier alpha value is -1.36. The largest absolute Gasteiger partial charge is 0.494 e. The van der Waals surface area contributed by atoms with E-state index < -0.39 is 23.7 Å². The van der Waals surface area contributed by atoms with Gasteiger partial charge < -0.3 is 14.6 Å². The van der Waals surface area contributed by atoms with Crippen molar-refractivity contribution in [2.75, 3.05) is 20.8 Å². The van der Waals surface area contributed by atoms with Crippen molar-refractivity contribution in [3.63, 3.8) is 0 Å². The van der Waals surface area contributed by atoms with Gasteiger partial charge >= 0.3 is 0 Å². The summed E-state index contributed by atoms with van der Waals surface area (Å²) in [5.74, 6) is -1.85. The molecule has 0 saturated carbocycles. The van der Waals surface area contributed by atoms with Crippen LogP contribution in [0, 0.1) is 11.6 Å². The molecule has 0 aliphatic rings. The van der Waals surface area contributed by atoms with Crippen molar-refractivity contribution >= 4 is 0 Å². The number of rotatable bonds is 4. The van der Waals surface area contributed by atoms with Gasteiger partial charge in [-0.05, 0) is 0 Å². The summed E-state index contributed by atoms with van der Waals surface area (Å²) in [6, 6.07) is 1.14. The van der Waals surface area contributed by atoms with Crippen molar-refractivity contribution in [2.45, 2.75) is 19.3 Å². The molecule has 1 rings (SSSR count). The number of methoxy groups -OCH3 is 2. The quantitative estimate of drug-likeness (QED) is 0.885. The van der Waals surface area contributed by atoms with E-state index in [1.54, 1.807) is 0 Å². The van der Waals surface area contributed by atoms with Gasteiger partial charge in [-0.3, -0.25) is 0 Å². The second kappa shape index (κ2) is 4.87. The highest BCUT2D eigenvalue weighted by Crippen LogP contribution is 2.37. The lowest BCUT2D eigenvalue weighted by Crippen LogP contribution is -2.26. The summed E-state index contributed by atoms with van der Waals surface area (Å²) in [5.41, 5.74) is -1.30. The van der Waals surface area contributed by atoms with E-state index in [1.165, 1.54) is 28.1 Å². The van der Waals surface area contributed by atoms with E-state index in [2.05, 4.69) is 0 Å². The van der Waals surface area contributed by atoms with Crippen molar-refractivity contribution in [1.29, 1.82) is 0 Å². The first-order chi connectivity index (χ1) is 7.88. The Morgan fingerprint density at radius 3 is 1.82 bits per heavy atom. The number of aliphatic hydroxyl groups excluding tert-OH is 1. The molecule has 0 spiro atoms. The Labute approximate surface area is 99.0 Å². The molecular formula is C12H16F2O3. The number of hydrogen-bond donors (Lipinski definition) is 1. The molecule has 1 N–H and O–H groups in total. The first kappa shape index (κ1) is 13.7. The molecule has 5 heteroatoms. The predicted molar refractivity (Wildman–Crippen MR) is 59.6 cm³/mol. The van der Waals surface area contributed by atoms with Gasteiger partial charge in [0.05, 0.1) is 20.8 Å². The molecule has 0 radical (unpaired) electrons. The molecule has 17 heavy (non-hydrogen) atoms. The summed E-state index contributed by atoms with van der Waals surface area (Å²) in [5, 5.41) is 9.21. The van der Waals surface area contributed by atoms with Gasteiger partial charge in [0.25, 0.3) is 0 Å². The van der Waals surface area contributed by atoms with E-state index in [1.807, 2.05) is 0 Å². The van der Waals surface area contributed by atoms with Crippen LogP contribution in [0.3, 0.4) is 0 Å². The van der Waals surface area contributed by atoms with Crippen molar-refractivity contribution < 1.29 is 23.4 Å². The van der Waals surface area contributed by atoms with Gasteiger partial charge in [-0.2, -0.15) is 0 Å². The average molecular weight is 246 g/mol. The monoisotopic (exact) mass is 246 g/mol. The van der Waals surface area contributed by atoms with Crippen LogP contribution < -0.4 is 9.47 Å². The fourth-order valence-corrected chi connectivity index (χ4v) is 1.56. The molecule has 0 fully saturated rings. The number of ether oxygens (including phenoxy) is 2. The summed E-state index contributed by atoms with van der Waals surface area (Å²) in [6.45, 7) is 2.68. The summed E-state index contributed by atoms with van der Waals surface area (Å²) in [4.78, 5) is 0. The highest BCUT2D eigenvalue weighted by Gasteiger charge is 2.31. The maximum Gasteiger partial charge on any atom is 0.172 e. The molecular weight excluding hydrogens is 230 g/mol. The van der Waals surface area contributed by atoms with Gasteiger partial charge in [0.2, 0.25) is 0 Å². The van der Waals surface area contributed by atoms with Gasteiger partial charge in [-0.25, -0.2) is 8.78 Å². The lowest BCUT2D eigenvalue weighted by molar-refractivity contribution is 0.208. The molecule has 0 amide bonds. The minimum atomic E-state index is -1.06. The molecule has 0 aliphatic heterocycles. The standard InChI is InChI=1S/C12H16F2O3/c1-12(2,6-15)9-10(13)7(16-3)5-8(17-4)11(9)14/h5,15H,6H2,1-4H3. The average Bonchev–Trinajstić information content (AvgIpc) is 2.29. The number of hydrogen-bond acceptors (Lipinski definition) is 3. The zero-order valence-electron chi connectivity index (χ0n) is 10.3. The fraction of sp³-hybridized carbons (Fsp3) is 0.500. The van der Waals surface area contributed by atoms with Gasteiger partial charge in [0.1, 0.15) is 0 Å². The SMILES string of the molecule is COc1cc(OC)c(F)c(C(C)(C)CO)c1F. The van der Waals surface area contributed by atoms with Crippen LogP contribution in [0.4, 0.5) is 8.78 Å². The first-order valence-corrected chi connectivity index (χ1v) is 5.10. The van der Waals surface area contributed by atoms with E-state index >= 15 is 0 Å². The third-order valence-corrected chi connectivity index (χ3v) is 2.65. The van der Waals surface area contributed by atoms with Crippen LogP contribution in [0.2, 0.25) is 0 Å². The Kier molecular flexibility index (Phi) is 3.93. The molecule has 1 aromatic carbocycles.